The molecule has 4 aromatic rings. The average Bonchev–Trinajstić information content (AvgIpc) is 2.96. The lowest BCUT2D eigenvalue weighted by Gasteiger charge is -2.14. The third-order valence-electron chi connectivity index (χ3n) is 4.44. The second-order valence-electron chi connectivity index (χ2n) is 7.33. The number of aryl methyl sites for hydroxylation is 1. The summed E-state index contributed by atoms with van der Waals surface area (Å²) in [5.41, 5.74) is 2.62. The van der Waals surface area contributed by atoms with Gasteiger partial charge in [0.1, 0.15) is 5.65 Å². The molecule has 2 heterocycles. The summed E-state index contributed by atoms with van der Waals surface area (Å²) in [6, 6.07) is 16.1. The highest BCUT2D eigenvalue weighted by molar-refractivity contribution is 7.94. The van der Waals surface area contributed by atoms with Crippen molar-refractivity contribution in [3.63, 3.8) is 0 Å². The normalized spacial score (nSPS) is 12.1. The first-order valence-electron chi connectivity index (χ1n) is 9.14. The highest BCUT2D eigenvalue weighted by Crippen LogP contribution is 2.35. The van der Waals surface area contributed by atoms with Crippen LogP contribution in [0.4, 0.5) is 5.82 Å². The van der Waals surface area contributed by atoms with Gasteiger partial charge in [-0.05, 0) is 48.5 Å². The Labute approximate surface area is 164 Å². The van der Waals surface area contributed by atoms with Crippen LogP contribution in [-0.2, 0) is 16.6 Å². The summed E-state index contributed by atoms with van der Waals surface area (Å²) in [5.74, 6) is 0.506. The molecule has 0 atom stereocenters. The molecule has 144 valence electrons. The van der Waals surface area contributed by atoms with Crippen molar-refractivity contribution in [2.45, 2.75) is 32.2 Å². The molecule has 0 aliphatic rings. The first-order chi connectivity index (χ1) is 13.3. The van der Waals surface area contributed by atoms with Crippen LogP contribution in [0.1, 0.15) is 19.4 Å². The zero-order chi connectivity index (χ0) is 19.9. The van der Waals surface area contributed by atoms with E-state index in [0.29, 0.717) is 23.5 Å². The summed E-state index contributed by atoms with van der Waals surface area (Å²) >= 11 is 0. The summed E-state index contributed by atoms with van der Waals surface area (Å²) < 4.78 is 31.3. The smallest absolute Gasteiger partial charge is 0.202 e. The monoisotopic (exact) mass is 393 g/mol. The molecule has 0 radical (unpaired) electrons. The molecular weight excluding hydrogens is 372 g/mol. The fourth-order valence-corrected chi connectivity index (χ4v) is 4.11. The van der Waals surface area contributed by atoms with Crippen molar-refractivity contribution in [1.82, 2.24) is 14.8 Å². The molecule has 7 heteroatoms. The van der Waals surface area contributed by atoms with E-state index < -0.39 is 10.0 Å². The van der Waals surface area contributed by atoms with Gasteiger partial charge in [0.15, 0.2) is 0 Å². The Morgan fingerprint density at radius 1 is 1.07 bits per heavy atom. The first kappa shape index (κ1) is 18.4. The lowest BCUT2D eigenvalue weighted by molar-refractivity contribution is 0.494. The molecule has 0 saturated carbocycles. The van der Waals surface area contributed by atoms with E-state index in [1.165, 1.54) is 12.1 Å². The highest BCUT2D eigenvalue weighted by Gasteiger charge is 2.14. The molecule has 0 N–H and O–H groups in total. The molecule has 0 aliphatic carbocycles. The van der Waals surface area contributed by atoms with Crippen LogP contribution < -0.4 is 0 Å². The van der Waals surface area contributed by atoms with Crippen LogP contribution in [-0.4, -0.2) is 23.2 Å². The minimum atomic E-state index is -3.86. The lowest BCUT2D eigenvalue weighted by atomic mass is 10.1. The second kappa shape index (κ2) is 6.91. The van der Waals surface area contributed by atoms with Gasteiger partial charge in [-0.1, -0.05) is 44.2 Å². The SMILES string of the molecule is Cc1ccc2cc3c([N-]S(=O)(=O)c4ccccc4)nn(CC(C)C)c3nc2c1. The third kappa shape index (κ3) is 3.45. The van der Waals surface area contributed by atoms with Crippen molar-refractivity contribution in [3.05, 3.63) is 64.9 Å². The van der Waals surface area contributed by atoms with Crippen molar-refractivity contribution in [2.24, 2.45) is 5.92 Å². The van der Waals surface area contributed by atoms with Gasteiger partial charge in [0.05, 0.1) is 10.4 Å². The van der Waals surface area contributed by atoms with Crippen molar-refractivity contribution < 1.29 is 8.42 Å². The van der Waals surface area contributed by atoms with Crippen LogP contribution in [0.2, 0.25) is 0 Å². The van der Waals surface area contributed by atoms with Gasteiger partial charge in [0.25, 0.3) is 0 Å². The maximum atomic E-state index is 12.7. The predicted octanol–water partition coefficient (Wildman–Crippen LogP) is 4.94. The largest absolute Gasteiger partial charge is 0.372 e. The molecule has 2 aromatic carbocycles. The van der Waals surface area contributed by atoms with Gasteiger partial charge in [-0.25, -0.2) is 13.4 Å². The number of rotatable bonds is 5. The number of hydrogen-bond donors (Lipinski definition) is 0. The summed E-state index contributed by atoms with van der Waals surface area (Å²) in [6.45, 7) is 6.80. The summed E-state index contributed by atoms with van der Waals surface area (Å²) in [6.07, 6.45) is 0. The van der Waals surface area contributed by atoms with E-state index in [-0.39, 0.29) is 10.7 Å². The van der Waals surface area contributed by atoms with Gasteiger partial charge in [-0.2, -0.15) is 0 Å². The Morgan fingerprint density at radius 3 is 2.54 bits per heavy atom. The number of pyridine rings is 1. The van der Waals surface area contributed by atoms with Crippen molar-refractivity contribution in [3.8, 4) is 0 Å². The quantitative estimate of drug-likeness (QED) is 0.481. The van der Waals surface area contributed by atoms with Crippen LogP contribution in [0.15, 0.2) is 59.5 Å². The lowest BCUT2D eigenvalue weighted by Crippen LogP contribution is -2.06. The van der Waals surface area contributed by atoms with Crippen LogP contribution in [0, 0.1) is 12.8 Å². The molecule has 4 rings (SSSR count). The molecule has 0 saturated heterocycles. The Bertz CT molecular complexity index is 1260. The van der Waals surface area contributed by atoms with E-state index in [1.807, 2.05) is 31.2 Å². The fraction of sp³-hybridized carbons (Fsp3) is 0.238. The molecule has 28 heavy (non-hydrogen) atoms. The Balaban J connectivity index is 1.89. The van der Waals surface area contributed by atoms with E-state index in [4.69, 9.17) is 4.98 Å². The molecule has 6 nitrogen and oxygen atoms in total. The van der Waals surface area contributed by atoms with Gasteiger partial charge >= 0.3 is 0 Å². The minimum absolute atomic E-state index is 0.144. The van der Waals surface area contributed by atoms with E-state index in [0.717, 1.165) is 16.5 Å². The Kier molecular flexibility index (Phi) is 4.55. The topological polar surface area (TPSA) is 79.0 Å². The maximum absolute atomic E-state index is 12.7. The first-order valence-corrected chi connectivity index (χ1v) is 10.6. The number of aromatic nitrogens is 3. The van der Waals surface area contributed by atoms with Gasteiger partial charge in [-0.15, -0.1) is 0 Å². The van der Waals surface area contributed by atoms with Crippen molar-refractivity contribution in [2.75, 3.05) is 0 Å². The highest BCUT2D eigenvalue weighted by atomic mass is 32.2. The van der Waals surface area contributed by atoms with Crippen molar-refractivity contribution in [1.29, 1.82) is 0 Å². The molecule has 2 aromatic heterocycles. The second-order valence-corrected chi connectivity index (χ2v) is 8.94. The summed E-state index contributed by atoms with van der Waals surface area (Å²) in [5, 5.41) is 6.06. The van der Waals surface area contributed by atoms with Crippen LogP contribution in [0.5, 0.6) is 0 Å². The molecular formula is C21H21N4O2S-. The number of hydrogen-bond acceptors (Lipinski definition) is 4. The average molecular weight is 393 g/mol. The van der Waals surface area contributed by atoms with Gasteiger partial charge in [-0.3, -0.25) is 0 Å². The maximum Gasteiger partial charge on any atom is 0.202 e. The standard InChI is InChI=1S/C21H21N4O2S/c1-14(2)13-25-21-18(12-16-10-9-15(3)11-19(16)22-21)20(23-25)24-28(26,27)17-7-5-4-6-8-17/h4-12,14H,13H2,1-3H3/q-1. The van der Waals surface area contributed by atoms with E-state index in [2.05, 4.69) is 23.7 Å². The number of sulfonamides is 1. The Hall–Kier alpha value is -2.93. The predicted molar refractivity (Wildman–Crippen MR) is 111 cm³/mol. The molecule has 0 amide bonds. The molecule has 0 bridgehead atoms. The summed E-state index contributed by atoms with van der Waals surface area (Å²) in [7, 11) is -3.86. The van der Waals surface area contributed by atoms with Gasteiger partial charge < -0.3 is 14.5 Å². The zero-order valence-corrected chi connectivity index (χ0v) is 16.8. The molecule has 0 spiro atoms. The number of fused-ring (bicyclic) bond motifs is 2. The van der Waals surface area contributed by atoms with Crippen LogP contribution in [0.25, 0.3) is 26.7 Å². The van der Waals surface area contributed by atoms with Gasteiger partial charge in [0.2, 0.25) is 10.0 Å². The number of benzene rings is 2. The molecule has 0 fully saturated rings. The van der Waals surface area contributed by atoms with Gasteiger partial charge in [0, 0.05) is 17.3 Å². The summed E-state index contributed by atoms with van der Waals surface area (Å²) in [4.78, 5) is 4.90. The Morgan fingerprint density at radius 2 is 1.82 bits per heavy atom. The van der Waals surface area contributed by atoms with E-state index >= 15 is 0 Å². The van der Waals surface area contributed by atoms with Crippen LogP contribution >= 0.6 is 0 Å². The molecule has 0 aliphatic heterocycles. The van der Waals surface area contributed by atoms with E-state index in [1.54, 1.807) is 22.9 Å². The minimum Gasteiger partial charge on any atom is -0.372 e. The number of nitrogens with zero attached hydrogens (tertiary/aromatic N) is 4. The zero-order valence-electron chi connectivity index (χ0n) is 16.0. The van der Waals surface area contributed by atoms with Crippen LogP contribution in [0.3, 0.4) is 0 Å². The molecule has 0 unspecified atom stereocenters. The fourth-order valence-electron chi connectivity index (χ4n) is 3.14. The van der Waals surface area contributed by atoms with Crippen molar-refractivity contribution >= 4 is 37.8 Å². The third-order valence-corrected chi connectivity index (χ3v) is 5.72. The van der Waals surface area contributed by atoms with E-state index in [9.17, 15) is 8.42 Å².